The second kappa shape index (κ2) is 5.32. The third-order valence-electron chi connectivity index (χ3n) is 2.69. The molecule has 1 N–H and O–H groups in total. The Labute approximate surface area is 115 Å². The topological polar surface area (TPSA) is 56.3 Å². The molecule has 19 heavy (non-hydrogen) atoms. The fourth-order valence-electron chi connectivity index (χ4n) is 1.82. The highest BCUT2D eigenvalue weighted by atomic mass is 35.5. The molecule has 3 rings (SSSR count). The number of nitrogens with zero attached hydrogens (tertiary/aromatic N) is 2. The number of nitrogens with one attached hydrogen (secondary N) is 1. The van der Waals surface area contributed by atoms with Crippen molar-refractivity contribution in [3.05, 3.63) is 41.8 Å². The van der Waals surface area contributed by atoms with E-state index >= 15 is 0 Å². The van der Waals surface area contributed by atoms with E-state index in [-0.39, 0.29) is 6.29 Å². The summed E-state index contributed by atoms with van der Waals surface area (Å²) in [7, 11) is 0. The molecule has 0 atom stereocenters. The van der Waals surface area contributed by atoms with Crippen molar-refractivity contribution in [2.45, 2.75) is 12.7 Å². The number of fused-ring (bicyclic) bond motifs is 1. The van der Waals surface area contributed by atoms with E-state index in [1.54, 1.807) is 6.07 Å². The second-order valence-electron chi connectivity index (χ2n) is 4.05. The van der Waals surface area contributed by atoms with Gasteiger partial charge in [-0.05, 0) is 12.1 Å². The van der Waals surface area contributed by atoms with E-state index in [9.17, 15) is 0 Å². The highest BCUT2D eigenvalue weighted by Crippen LogP contribution is 2.34. The summed E-state index contributed by atoms with van der Waals surface area (Å²) in [5, 5.41) is 3.56. The van der Waals surface area contributed by atoms with Gasteiger partial charge < -0.3 is 14.8 Å². The van der Waals surface area contributed by atoms with Crippen LogP contribution in [0, 0.1) is 0 Å². The van der Waals surface area contributed by atoms with Gasteiger partial charge in [-0.3, -0.25) is 0 Å². The van der Waals surface area contributed by atoms with Crippen molar-refractivity contribution >= 4 is 17.4 Å². The Kier molecular flexibility index (Phi) is 3.37. The minimum absolute atomic E-state index is 0.262. The maximum absolute atomic E-state index is 5.77. The summed E-state index contributed by atoms with van der Waals surface area (Å²) in [5.41, 5.74) is 0. The zero-order chi connectivity index (χ0) is 13.1. The van der Waals surface area contributed by atoms with Gasteiger partial charge in [0.2, 0.25) is 6.29 Å². The van der Waals surface area contributed by atoms with Crippen LogP contribution in [0.3, 0.4) is 0 Å². The minimum Gasteiger partial charge on any atom is -0.451 e. The first kappa shape index (κ1) is 12.0. The predicted octanol–water partition coefficient (Wildman–Crippen LogP) is 2.73. The molecule has 0 fully saturated rings. The Morgan fingerprint density at radius 2 is 1.89 bits per heavy atom. The Hall–Kier alpha value is -2.01. The average molecular weight is 278 g/mol. The van der Waals surface area contributed by atoms with E-state index in [1.165, 1.54) is 6.33 Å². The molecule has 0 aliphatic carbocycles. The molecule has 0 saturated heterocycles. The molecule has 0 amide bonds. The number of anilines is 1. The van der Waals surface area contributed by atoms with Gasteiger partial charge in [0.05, 0.1) is 0 Å². The summed E-state index contributed by atoms with van der Waals surface area (Å²) in [5.74, 6) is 2.27. The summed E-state index contributed by atoms with van der Waals surface area (Å²) in [6.07, 6.45) is 1.86. The van der Waals surface area contributed by atoms with Crippen LogP contribution >= 0.6 is 11.6 Å². The quantitative estimate of drug-likeness (QED) is 0.871. The number of ether oxygens (including phenoxy) is 2. The average Bonchev–Trinajstić information content (AvgIpc) is 2.81. The number of para-hydroxylation sites is 2. The van der Waals surface area contributed by atoms with Crippen LogP contribution in [-0.4, -0.2) is 22.8 Å². The molecule has 6 heteroatoms. The number of benzene rings is 1. The fourth-order valence-corrected chi connectivity index (χ4v) is 1.97. The third-order valence-corrected chi connectivity index (χ3v) is 2.89. The molecule has 1 aliphatic rings. The van der Waals surface area contributed by atoms with Gasteiger partial charge in [-0.25, -0.2) is 9.97 Å². The van der Waals surface area contributed by atoms with Gasteiger partial charge in [-0.2, -0.15) is 0 Å². The van der Waals surface area contributed by atoms with Gasteiger partial charge in [0.15, 0.2) is 11.5 Å². The van der Waals surface area contributed by atoms with E-state index in [0.29, 0.717) is 23.9 Å². The number of hydrogen-bond donors (Lipinski definition) is 1. The Morgan fingerprint density at radius 3 is 2.58 bits per heavy atom. The highest BCUT2D eigenvalue weighted by molar-refractivity contribution is 6.29. The monoisotopic (exact) mass is 277 g/mol. The summed E-state index contributed by atoms with van der Waals surface area (Å²) in [4.78, 5) is 7.87. The fraction of sp³-hybridized carbons (Fsp3) is 0.231. The Bertz CT molecular complexity index is 554. The SMILES string of the molecule is Clc1cc(NCCC2Oc3ccccc3O2)ncn1. The van der Waals surface area contributed by atoms with Gasteiger partial charge in [-0.15, -0.1) is 0 Å². The molecular formula is C13H12ClN3O2. The molecule has 0 radical (unpaired) electrons. The van der Waals surface area contributed by atoms with Crippen LogP contribution in [0.5, 0.6) is 11.5 Å². The Balaban J connectivity index is 1.50. The zero-order valence-electron chi connectivity index (χ0n) is 10.0. The molecular weight excluding hydrogens is 266 g/mol. The third kappa shape index (κ3) is 2.88. The molecule has 98 valence electrons. The molecule has 2 heterocycles. The summed E-state index contributed by atoms with van der Waals surface area (Å²) in [6.45, 7) is 0.673. The van der Waals surface area contributed by atoms with Crippen LogP contribution in [0.1, 0.15) is 6.42 Å². The van der Waals surface area contributed by atoms with Crippen LogP contribution in [-0.2, 0) is 0 Å². The van der Waals surface area contributed by atoms with Crippen molar-refractivity contribution < 1.29 is 9.47 Å². The van der Waals surface area contributed by atoms with E-state index in [4.69, 9.17) is 21.1 Å². The van der Waals surface area contributed by atoms with Crippen LogP contribution < -0.4 is 14.8 Å². The van der Waals surface area contributed by atoms with Crippen molar-refractivity contribution in [3.8, 4) is 11.5 Å². The van der Waals surface area contributed by atoms with Crippen molar-refractivity contribution in [2.75, 3.05) is 11.9 Å². The van der Waals surface area contributed by atoms with Crippen molar-refractivity contribution in [3.63, 3.8) is 0 Å². The molecule has 5 nitrogen and oxygen atoms in total. The molecule has 1 aliphatic heterocycles. The predicted molar refractivity (Wildman–Crippen MR) is 71.6 cm³/mol. The van der Waals surface area contributed by atoms with Gasteiger partial charge in [0, 0.05) is 19.0 Å². The van der Waals surface area contributed by atoms with Crippen molar-refractivity contribution in [1.82, 2.24) is 9.97 Å². The minimum atomic E-state index is -0.262. The molecule has 0 spiro atoms. The molecule has 2 aromatic rings. The number of halogens is 1. The highest BCUT2D eigenvalue weighted by Gasteiger charge is 2.22. The van der Waals surface area contributed by atoms with Crippen LogP contribution in [0.25, 0.3) is 0 Å². The summed E-state index contributed by atoms with van der Waals surface area (Å²) >= 11 is 5.77. The molecule has 0 bridgehead atoms. The summed E-state index contributed by atoms with van der Waals surface area (Å²) < 4.78 is 11.3. The smallest absolute Gasteiger partial charge is 0.243 e. The number of aromatic nitrogens is 2. The number of rotatable bonds is 4. The first-order valence-corrected chi connectivity index (χ1v) is 6.33. The Morgan fingerprint density at radius 1 is 1.16 bits per heavy atom. The van der Waals surface area contributed by atoms with Crippen LogP contribution in [0.2, 0.25) is 5.15 Å². The second-order valence-corrected chi connectivity index (χ2v) is 4.44. The lowest BCUT2D eigenvalue weighted by Gasteiger charge is -2.11. The zero-order valence-corrected chi connectivity index (χ0v) is 10.8. The molecule has 1 aromatic carbocycles. The molecule has 0 saturated carbocycles. The van der Waals surface area contributed by atoms with E-state index in [2.05, 4.69) is 15.3 Å². The largest absolute Gasteiger partial charge is 0.451 e. The lowest BCUT2D eigenvalue weighted by Crippen LogP contribution is -2.21. The van der Waals surface area contributed by atoms with Gasteiger partial charge in [0.1, 0.15) is 17.3 Å². The van der Waals surface area contributed by atoms with Gasteiger partial charge in [-0.1, -0.05) is 23.7 Å². The maximum atomic E-state index is 5.77. The lowest BCUT2D eigenvalue weighted by molar-refractivity contribution is 0.0451. The summed E-state index contributed by atoms with van der Waals surface area (Å²) in [6, 6.07) is 9.31. The first-order valence-electron chi connectivity index (χ1n) is 5.95. The van der Waals surface area contributed by atoms with E-state index < -0.39 is 0 Å². The van der Waals surface area contributed by atoms with E-state index in [0.717, 1.165) is 11.5 Å². The van der Waals surface area contributed by atoms with Gasteiger partial charge >= 0.3 is 0 Å². The number of hydrogen-bond acceptors (Lipinski definition) is 5. The van der Waals surface area contributed by atoms with Crippen molar-refractivity contribution in [1.29, 1.82) is 0 Å². The standard InChI is InChI=1S/C13H12ClN3O2/c14-11-7-12(17-8-16-11)15-6-5-13-18-9-3-1-2-4-10(9)19-13/h1-4,7-8,13H,5-6H2,(H,15,16,17). The van der Waals surface area contributed by atoms with Crippen LogP contribution in [0.4, 0.5) is 5.82 Å². The van der Waals surface area contributed by atoms with E-state index in [1.807, 2.05) is 24.3 Å². The van der Waals surface area contributed by atoms with Crippen LogP contribution in [0.15, 0.2) is 36.7 Å². The lowest BCUT2D eigenvalue weighted by atomic mass is 10.3. The van der Waals surface area contributed by atoms with Gasteiger partial charge in [0.25, 0.3) is 0 Å². The van der Waals surface area contributed by atoms with Crippen molar-refractivity contribution in [2.24, 2.45) is 0 Å². The normalized spacial score (nSPS) is 13.5. The first-order chi connectivity index (χ1) is 9.31. The molecule has 0 unspecified atom stereocenters. The maximum Gasteiger partial charge on any atom is 0.243 e. The molecule has 1 aromatic heterocycles.